The van der Waals surface area contributed by atoms with Gasteiger partial charge in [0.15, 0.2) is 12.0 Å². The second-order valence-electron chi connectivity index (χ2n) is 3.47. The number of rotatable bonds is 3. The van der Waals surface area contributed by atoms with Gasteiger partial charge in [-0.25, -0.2) is 4.39 Å². The summed E-state index contributed by atoms with van der Waals surface area (Å²) in [4.78, 5) is 11.5. The fourth-order valence-electron chi connectivity index (χ4n) is 1.36. The molecule has 0 saturated heterocycles. The summed E-state index contributed by atoms with van der Waals surface area (Å²) >= 11 is 0. The molecule has 0 amide bonds. The van der Waals surface area contributed by atoms with Crippen LogP contribution in [0.2, 0.25) is 0 Å². The van der Waals surface area contributed by atoms with E-state index < -0.39 is 6.17 Å². The summed E-state index contributed by atoms with van der Waals surface area (Å²) in [5, 5.41) is 0. The molecule has 0 bridgehead atoms. The van der Waals surface area contributed by atoms with Gasteiger partial charge >= 0.3 is 0 Å². The van der Waals surface area contributed by atoms with E-state index in [0.717, 1.165) is 12.8 Å². The van der Waals surface area contributed by atoms with Crippen molar-refractivity contribution in [3.63, 3.8) is 0 Å². The number of hydrogen-bond acceptors (Lipinski definition) is 1. The van der Waals surface area contributed by atoms with Crippen LogP contribution >= 0.6 is 0 Å². The lowest BCUT2D eigenvalue weighted by molar-refractivity contribution is 0.0856. The van der Waals surface area contributed by atoms with Crippen molar-refractivity contribution in [3.05, 3.63) is 35.9 Å². The molecule has 2 rings (SSSR count). The Balaban J connectivity index is 2.12. The highest BCUT2D eigenvalue weighted by atomic mass is 19.1. The zero-order valence-electron chi connectivity index (χ0n) is 7.24. The number of alkyl halides is 1. The van der Waals surface area contributed by atoms with Crippen LogP contribution in [0.25, 0.3) is 0 Å². The van der Waals surface area contributed by atoms with Crippen LogP contribution in [0.4, 0.5) is 4.39 Å². The van der Waals surface area contributed by atoms with E-state index in [0.29, 0.717) is 5.56 Å². The molecule has 1 saturated carbocycles. The summed E-state index contributed by atoms with van der Waals surface area (Å²) in [5.74, 6) is -0.365. The molecule has 0 radical (unpaired) electrons. The molecular formula is C11H11FO. The Morgan fingerprint density at radius 3 is 2.46 bits per heavy atom. The van der Waals surface area contributed by atoms with E-state index >= 15 is 0 Å². The van der Waals surface area contributed by atoms with Crippen LogP contribution < -0.4 is 0 Å². The quantitative estimate of drug-likeness (QED) is 0.650. The molecule has 1 aliphatic rings. The van der Waals surface area contributed by atoms with Crippen molar-refractivity contribution in [1.29, 1.82) is 0 Å². The fraction of sp³-hybridized carbons (Fsp3) is 0.364. The van der Waals surface area contributed by atoms with Crippen molar-refractivity contribution in [1.82, 2.24) is 0 Å². The lowest BCUT2D eigenvalue weighted by Crippen LogP contribution is -2.17. The number of halogens is 1. The first-order valence-corrected chi connectivity index (χ1v) is 4.52. The molecule has 0 aliphatic heterocycles. The van der Waals surface area contributed by atoms with Gasteiger partial charge in [-0.05, 0) is 18.8 Å². The summed E-state index contributed by atoms with van der Waals surface area (Å²) < 4.78 is 13.3. The van der Waals surface area contributed by atoms with Crippen molar-refractivity contribution in [3.8, 4) is 0 Å². The second-order valence-corrected chi connectivity index (χ2v) is 3.47. The Hall–Kier alpha value is -1.18. The molecule has 2 heteroatoms. The van der Waals surface area contributed by atoms with E-state index in [1.54, 1.807) is 24.3 Å². The third kappa shape index (κ3) is 1.77. The van der Waals surface area contributed by atoms with Crippen molar-refractivity contribution in [2.24, 2.45) is 5.92 Å². The summed E-state index contributed by atoms with van der Waals surface area (Å²) in [7, 11) is 0. The fourth-order valence-corrected chi connectivity index (χ4v) is 1.36. The van der Waals surface area contributed by atoms with Gasteiger partial charge in [0.05, 0.1) is 0 Å². The Kier molecular flexibility index (Phi) is 2.13. The van der Waals surface area contributed by atoms with Gasteiger partial charge in [-0.2, -0.15) is 0 Å². The lowest BCUT2D eigenvalue weighted by atomic mass is 10.0. The molecule has 13 heavy (non-hydrogen) atoms. The minimum atomic E-state index is -1.28. The molecule has 1 aromatic carbocycles. The molecular weight excluding hydrogens is 167 g/mol. The first kappa shape index (κ1) is 8.42. The van der Waals surface area contributed by atoms with Crippen LogP contribution in [0.3, 0.4) is 0 Å². The first-order chi connectivity index (χ1) is 6.29. The van der Waals surface area contributed by atoms with Crippen molar-refractivity contribution < 1.29 is 9.18 Å². The number of benzene rings is 1. The molecule has 1 atom stereocenters. The smallest absolute Gasteiger partial charge is 0.197 e. The van der Waals surface area contributed by atoms with Crippen molar-refractivity contribution in [2.45, 2.75) is 19.0 Å². The zero-order valence-corrected chi connectivity index (χ0v) is 7.24. The topological polar surface area (TPSA) is 17.1 Å². The predicted octanol–water partition coefficient (Wildman–Crippen LogP) is 2.62. The van der Waals surface area contributed by atoms with Crippen molar-refractivity contribution >= 4 is 5.78 Å². The summed E-state index contributed by atoms with van der Waals surface area (Å²) in [6.45, 7) is 0. The zero-order chi connectivity index (χ0) is 9.26. The van der Waals surface area contributed by atoms with E-state index in [-0.39, 0.29) is 11.7 Å². The molecule has 1 fully saturated rings. The maximum atomic E-state index is 13.3. The number of hydrogen-bond donors (Lipinski definition) is 0. The third-order valence-corrected chi connectivity index (χ3v) is 2.34. The Morgan fingerprint density at radius 2 is 1.92 bits per heavy atom. The molecule has 1 nitrogen and oxygen atoms in total. The number of ketones is 1. The van der Waals surface area contributed by atoms with Crippen LogP contribution in [-0.2, 0) is 0 Å². The predicted molar refractivity (Wildman–Crippen MR) is 48.4 cm³/mol. The van der Waals surface area contributed by atoms with Gasteiger partial charge in [0, 0.05) is 5.56 Å². The molecule has 0 aromatic heterocycles. The molecule has 0 N–H and O–H groups in total. The van der Waals surface area contributed by atoms with Gasteiger partial charge in [0.25, 0.3) is 0 Å². The maximum Gasteiger partial charge on any atom is 0.197 e. The van der Waals surface area contributed by atoms with E-state index in [4.69, 9.17) is 0 Å². The standard InChI is InChI=1S/C11H11FO/c12-10(8-6-7-8)11(13)9-4-2-1-3-5-9/h1-5,8,10H,6-7H2. The molecule has 68 valence electrons. The SMILES string of the molecule is O=C(c1ccccc1)C(F)C1CC1. The van der Waals surface area contributed by atoms with Crippen LogP contribution in [0.1, 0.15) is 23.2 Å². The number of carbonyl (C=O) groups excluding carboxylic acids is 1. The Bertz CT molecular complexity index is 303. The second kappa shape index (κ2) is 3.29. The highest BCUT2D eigenvalue weighted by molar-refractivity contribution is 5.99. The van der Waals surface area contributed by atoms with E-state index in [1.165, 1.54) is 0 Å². The van der Waals surface area contributed by atoms with Gasteiger partial charge in [0.1, 0.15) is 0 Å². The van der Waals surface area contributed by atoms with Gasteiger partial charge < -0.3 is 0 Å². The molecule has 1 unspecified atom stereocenters. The van der Waals surface area contributed by atoms with Crippen LogP contribution in [0.5, 0.6) is 0 Å². The minimum absolute atomic E-state index is 0.00675. The average Bonchev–Trinajstić information content (AvgIpc) is 3.00. The normalized spacial score (nSPS) is 18.2. The maximum absolute atomic E-state index is 13.3. The summed E-state index contributed by atoms with van der Waals surface area (Å²) in [6.07, 6.45) is 0.446. The molecule has 1 aromatic rings. The minimum Gasteiger partial charge on any atom is -0.291 e. The third-order valence-electron chi connectivity index (χ3n) is 2.34. The van der Waals surface area contributed by atoms with Crippen LogP contribution in [-0.4, -0.2) is 12.0 Å². The van der Waals surface area contributed by atoms with E-state index in [2.05, 4.69) is 0 Å². The number of carbonyl (C=O) groups is 1. The number of Topliss-reactive ketones (excluding diaryl/α,β-unsaturated/α-hetero) is 1. The molecule has 0 spiro atoms. The molecule has 0 heterocycles. The van der Waals surface area contributed by atoms with Crippen molar-refractivity contribution in [2.75, 3.05) is 0 Å². The highest BCUT2D eigenvalue weighted by Crippen LogP contribution is 2.35. The lowest BCUT2D eigenvalue weighted by Gasteiger charge is -2.04. The van der Waals surface area contributed by atoms with Gasteiger partial charge in [0.2, 0.25) is 0 Å². The van der Waals surface area contributed by atoms with E-state index in [9.17, 15) is 9.18 Å². The van der Waals surface area contributed by atoms with Gasteiger partial charge in [-0.15, -0.1) is 0 Å². The summed E-state index contributed by atoms with van der Waals surface area (Å²) in [5.41, 5.74) is 0.488. The Labute approximate surface area is 76.6 Å². The average molecular weight is 178 g/mol. The summed E-state index contributed by atoms with van der Waals surface area (Å²) in [6, 6.07) is 8.66. The highest BCUT2D eigenvalue weighted by Gasteiger charge is 2.36. The van der Waals surface area contributed by atoms with Crippen LogP contribution in [0.15, 0.2) is 30.3 Å². The first-order valence-electron chi connectivity index (χ1n) is 4.52. The van der Waals surface area contributed by atoms with Gasteiger partial charge in [-0.1, -0.05) is 30.3 Å². The van der Waals surface area contributed by atoms with Crippen LogP contribution in [0, 0.1) is 5.92 Å². The largest absolute Gasteiger partial charge is 0.291 e. The van der Waals surface area contributed by atoms with E-state index in [1.807, 2.05) is 6.07 Å². The molecule has 1 aliphatic carbocycles. The Morgan fingerprint density at radius 1 is 1.31 bits per heavy atom. The monoisotopic (exact) mass is 178 g/mol. The van der Waals surface area contributed by atoms with Gasteiger partial charge in [-0.3, -0.25) is 4.79 Å².